The largest absolute Gasteiger partial charge is 0.416 e. The number of hydrogen-bond acceptors (Lipinski definition) is 3. The molecular formula is C18H27F3N2O2Si. The minimum Gasteiger partial charge on any atom is -0.416 e. The van der Waals surface area contributed by atoms with Crippen LogP contribution in [0.5, 0.6) is 0 Å². The van der Waals surface area contributed by atoms with Gasteiger partial charge in [-0.05, 0) is 49.3 Å². The van der Waals surface area contributed by atoms with Gasteiger partial charge in [0.2, 0.25) is 0 Å². The summed E-state index contributed by atoms with van der Waals surface area (Å²) in [5.74, 6) is -0.552. The van der Waals surface area contributed by atoms with E-state index in [1.807, 2.05) is 0 Å². The molecule has 146 valence electrons. The molecule has 0 atom stereocenters. The lowest BCUT2D eigenvalue weighted by atomic mass is 10.1. The first-order valence-electron chi connectivity index (χ1n) is 8.39. The summed E-state index contributed by atoms with van der Waals surface area (Å²) in [7, 11) is -1.82. The molecule has 0 spiro atoms. The van der Waals surface area contributed by atoms with Crippen LogP contribution < -0.4 is 5.43 Å². The van der Waals surface area contributed by atoms with Gasteiger partial charge in [0.15, 0.2) is 8.32 Å². The molecule has 1 amide bonds. The molecule has 0 radical (unpaired) electrons. The molecule has 0 heterocycles. The monoisotopic (exact) mass is 388 g/mol. The number of carbonyl (C=O) groups is 1. The van der Waals surface area contributed by atoms with Crippen LogP contribution in [0.1, 0.15) is 50.0 Å². The third-order valence-electron chi connectivity index (χ3n) is 4.56. The first kappa shape index (κ1) is 22.4. The number of amides is 1. The average Bonchev–Trinajstić information content (AvgIpc) is 2.50. The third-order valence-corrected chi connectivity index (χ3v) is 9.09. The topological polar surface area (TPSA) is 50.7 Å². The van der Waals surface area contributed by atoms with Gasteiger partial charge in [-0.3, -0.25) is 4.79 Å². The number of hydrogen-bond donors (Lipinski definition) is 1. The van der Waals surface area contributed by atoms with E-state index in [1.54, 1.807) is 6.92 Å². The minimum atomic E-state index is -4.42. The van der Waals surface area contributed by atoms with Crippen molar-refractivity contribution < 1.29 is 22.4 Å². The van der Waals surface area contributed by atoms with Crippen LogP contribution in [0.15, 0.2) is 29.4 Å². The van der Waals surface area contributed by atoms with Gasteiger partial charge in [-0.15, -0.1) is 0 Å². The second kappa shape index (κ2) is 8.35. The highest BCUT2D eigenvalue weighted by Gasteiger charge is 2.36. The van der Waals surface area contributed by atoms with Gasteiger partial charge >= 0.3 is 6.18 Å². The number of rotatable bonds is 6. The molecule has 1 rings (SSSR count). The maximum Gasteiger partial charge on any atom is 0.416 e. The van der Waals surface area contributed by atoms with E-state index in [1.165, 1.54) is 0 Å². The Labute approximate surface area is 154 Å². The molecule has 26 heavy (non-hydrogen) atoms. The fourth-order valence-electron chi connectivity index (χ4n) is 1.75. The van der Waals surface area contributed by atoms with E-state index in [-0.39, 0.29) is 10.6 Å². The van der Waals surface area contributed by atoms with Crippen LogP contribution in [-0.2, 0) is 10.6 Å². The Bertz CT molecular complexity index is 648. The van der Waals surface area contributed by atoms with Crippen molar-refractivity contribution in [2.24, 2.45) is 5.10 Å². The first-order valence-corrected chi connectivity index (χ1v) is 11.3. The van der Waals surface area contributed by atoms with Gasteiger partial charge in [-0.1, -0.05) is 20.8 Å². The van der Waals surface area contributed by atoms with E-state index in [0.29, 0.717) is 18.7 Å². The number of nitrogens with one attached hydrogen (secondary N) is 1. The molecule has 8 heteroatoms. The predicted molar refractivity (Wildman–Crippen MR) is 99.8 cm³/mol. The van der Waals surface area contributed by atoms with Gasteiger partial charge in [-0.25, -0.2) is 5.43 Å². The Morgan fingerprint density at radius 3 is 2.15 bits per heavy atom. The molecule has 0 unspecified atom stereocenters. The summed E-state index contributed by atoms with van der Waals surface area (Å²) in [4.78, 5) is 12.0. The van der Waals surface area contributed by atoms with Gasteiger partial charge in [0, 0.05) is 24.3 Å². The molecule has 0 saturated heterocycles. The second-order valence-electron chi connectivity index (χ2n) is 7.72. The van der Waals surface area contributed by atoms with Crippen LogP contribution >= 0.6 is 0 Å². The van der Waals surface area contributed by atoms with Crippen molar-refractivity contribution in [2.75, 3.05) is 6.61 Å². The van der Waals surface area contributed by atoms with E-state index in [2.05, 4.69) is 44.4 Å². The van der Waals surface area contributed by atoms with Crippen molar-refractivity contribution in [1.82, 2.24) is 5.43 Å². The Morgan fingerprint density at radius 1 is 1.15 bits per heavy atom. The number of halogens is 3. The van der Waals surface area contributed by atoms with Crippen LogP contribution in [0.4, 0.5) is 13.2 Å². The summed E-state index contributed by atoms with van der Waals surface area (Å²) < 4.78 is 43.6. The van der Waals surface area contributed by atoms with Crippen molar-refractivity contribution >= 4 is 19.9 Å². The molecule has 0 aliphatic carbocycles. The Morgan fingerprint density at radius 2 is 1.69 bits per heavy atom. The third kappa shape index (κ3) is 6.57. The minimum absolute atomic E-state index is 0.118. The van der Waals surface area contributed by atoms with Crippen LogP contribution in [0, 0.1) is 0 Å². The van der Waals surface area contributed by atoms with Gasteiger partial charge in [0.05, 0.1) is 5.56 Å². The average molecular weight is 389 g/mol. The highest BCUT2D eigenvalue weighted by atomic mass is 28.4. The van der Waals surface area contributed by atoms with Gasteiger partial charge in [-0.2, -0.15) is 18.3 Å². The number of hydrazone groups is 1. The second-order valence-corrected chi connectivity index (χ2v) is 12.5. The fraction of sp³-hybridized carbons (Fsp3) is 0.556. The maximum absolute atomic E-state index is 12.5. The summed E-state index contributed by atoms with van der Waals surface area (Å²) in [6.07, 6.45) is -3.85. The van der Waals surface area contributed by atoms with Crippen molar-refractivity contribution in [1.29, 1.82) is 0 Å². The zero-order valence-electron chi connectivity index (χ0n) is 16.1. The number of alkyl halides is 3. The predicted octanol–water partition coefficient (Wildman–Crippen LogP) is 5.22. The molecule has 0 fully saturated rings. The molecule has 0 saturated carbocycles. The number of carbonyl (C=O) groups excluding carboxylic acids is 1. The molecule has 1 aromatic rings. The normalized spacial score (nSPS) is 13.7. The standard InChI is InChI=1S/C18H27F3N2O2Si/c1-13(11-12-25-26(5,6)17(2,3)4)22-23-16(24)14-7-9-15(10-8-14)18(19,20)21/h7-10H,11-12H2,1-6H3,(H,23,24)/b22-13+. The van der Waals surface area contributed by atoms with Crippen LogP contribution in [-0.4, -0.2) is 26.5 Å². The van der Waals surface area contributed by atoms with Crippen molar-refractivity contribution in [2.45, 2.75) is 58.4 Å². The number of benzene rings is 1. The highest BCUT2D eigenvalue weighted by molar-refractivity contribution is 6.74. The van der Waals surface area contributed by atoms with Crippen LogP contribution in [0.25, 0.3) is 0 Å². The van der Waals surface area contributed by atoms with Gasteiger partial charge in [0.1, 0.15) is 0 Å². The molecule has 0 bridgehead atoms. The molecule has 1 aromatic carbocycles. The molecule has 0 aliphatic heterocycles. The summed E-state index contributed by atoms with van der Waals surface area (Å²) in [6.45, 7) is 13.1. The van der Waals surface area contributed by atoms with Gasteiger partial charge < -0.3 is 4.43 Å². The summed E-state index contributed by atoms with van der Waals surface area (Å²) in [5.41, 5.74) is 2.37. The Balaban J connectivity index is 2.55. The lowest BCUT2D eigenvalue weighted by Gasteiger charge is -2.36. The van der Waals surface area contributed by atoms with Crippen molar-refractivity contribution in [3.63, 3.8) is 0 Å². The molecular weight excluding hydrogens is 361 g/mol. The number of nitrogens with zero attached hydrogens (tertiary/aromatic N) is 1. The fourth-order valence-corrected chi connectivity index (χ4v) is 2.79. The zero-order valence-corrected chi connectivity index (χ0v) is 17.1. The van der Waals surface area contributed by atoms with E-state index in [4.69, 9.17) is 4.43 Å². The Kier molecular flexibility index (Phi) is 7.18. The van der Waals surface area contributed by atoms with Crippen LogP contribution in [0.3, 0.4) is 0 Å². The molecule has 0 aromatic heterocycles. The summed E-state index contributed by atoms with van der Waals surface area (Å²) >= 11 is 0. The molecule has 1 N–H and O–H groups in total. The molecule has 0 aliphatic rings. The molecule has 4 nitrogen and oxygen atoms in total. The zero-order chi connectivity index (χ0) is 20.2. The Hall–Kier alpha value is -1.67. The van der Waals surface area contributed by atoms with Crippen LogP contribution in [0.2, 0.25) is 18.1 Å². The van der Waals surface area contributed by atoms with Crippen molar-refractivity contribution in [3.8, 4) is 0 Å². The quantitative estimate of drug-likeness (QED) is 0.412. The lowest BCUT2D eigenvalue weighted by molar-refractivity contribution is -0.137. The highest BCUT2D eigenvalue weighted by Crippen LogP contribution is 2.36. The summed E-state index contributed by atoms with van der Waals surface area (Å²) in [6, 6.07) is 4.00. The van der Waals surface area contributed by atoms with E-state index < -0.39 is 26.0 Å². The van der Waals surface area contributed by atoms with E-state index in [9.17, 15) is 18.0 Å². The lowest BCUT2D eigenvalue weighted by Crippen LogP contribution is -2.41. The van der Waals surface area contributed by atoms with E-state index in [0.717, 1.165) is 24.3 Å². The maximum atomic E-state index is 12.5. The first-order chi connectivity index (χ1) is 11.7. The van der Waals surface area contributed by atoms with Gasteiger partial charge in [0.25, 0.3) is 5.91 Å². The SMILES string of the molecule is C/C(CCO[Si](C)(C)C(C)(C)C)=N\NC(=O)c1ccc(C(F)(F)F)cc1. The van der Waals surface area contributed by atoms with E-state index >= 15 is 0 Å². The van der Waals surface area contributed by atoms with Crippen molar-refractivity contribution in [3.05, 3.63) is 35.4 Å². The summed E-state index contributed by atoms with van der Waals surface area (Å²) in [5, 5.41) is 4.10. The smallest absolute Gasteiger partial charge is 0.416 e.